The van der Waals surface area contributed by atoms with E-state index >= 15 is 0 Å². The van der Waals surface area contributed by atoms with Gasteiger partial charge in [0.1, 0.15) is 17.1 Å². The highest BCUT2D eigenvalue weighted by atomic mass is 16.5. The lowest BCUT2D eigenvalue weighted by Crippen LogP contribution is -2.52. The van der Waals surface area contributed by atoms with E-state index in [1.807, 2.05) is 60.4 Å². The van der Waals surface area contributed by atoms with Crippen molar-refractivity contribution in [1.82, 2.24) is 4.90 Å². The van der Waals surface area contributed by atoms with Crippen LogP contribution in [0.1, 0.15) is 48.0 Å². The van der Waals surface area contributed by atoms with E-state index in [1.165, 1.54) is 5.56 Å². The van der Waals surface area contributed by atoms with Crippen LogP contribution in [0.4, 0.5) is 0 Å². The Morgan fingerprint density at radius 2 is 1.83 bits per heavy atom. The molecule has 2 aromatic rings. The average molecular weight is 393 g/mol. The van der Waals surface area contributed by atoms with Gasteiger partial charge < -0.3 is 14.4 Å². The monoisotopic (exact) mass is 393 g/mol. The Bertz CT molecular complexity index is 882. The van der Waals surface area contributed by atoms with Crippen molar-refractivity contribution < 1.29 is 19.1 Å². The number of piperidine rings is 1. The van der Waals surface area contributed by atoms with Crippen LogP contribution in [0.15, 0.2) is 48.5 Å². The number of rotatable bonds is 5. The van der Waals surface area contributed by atoms with E-state index < -0.39 is 5.60 Å². The zero-order chi connectivity index (χ0) is 20.3. The highest BCUT2D eigenvalue weighted by Gasteiger charge is 2.43. The Kier molecular flexibility index (Phi) is 5.56. The van der Waals surface area contributed by atoms with Crippen LogP contribution < -0.4 is 9.47 Å². The first-order valence-corrected chi connectivity index (χ1v) is 10.3. The number of Topliss-reactive ketones (excluding diaryl/α,β-unsaturated/α-hetero) is 1. The first-order valence-electron chi connectivity index (χ1n) is 10.3. The molecular weight excluding hydrogens is 366 g/mol. The normalized spacial score (nSPS) is 17.6. The fourth-order valence-corrected chi connectivity index (χ4v) is 4.09. The third-order valence-electron chi connectivity index (χ3n) is 5.85. The topological polar surface area (TPSA) is 55.8 Å². The Balaban J connectivity index is 1.24. The van der Waals surface area contributed by atoms with Crippen molar-refractivity contribution in [2.75, 3.05) is 19.7 Å². The minimum absolute atomic E-state index is 0.139. The van der Waals surface area contributed by atoms with E-state index in [9.17, 15) is 9.59 Å². The molecule has 0 atom stereocenters. The Morgan fingerprint density at radius 3 is 2.59 bits per heavy atom. The number of amides is 1. The number of nitrogens with zero attached hydrogens (tertiary/aromatic N) is 1. The van der Waals surface area contributed by atoms with Gasteiger partial charge in [0.25, 0.3) is 0 Å². The minimum atomic E-state index is -0.462. The summed E-state index contributed by atoms with van der Waals surface area (Å²) in [6, 6.07) is 15.4. The molecule has 29 heavy (non-hydrogen) atoms. The fourth-order valence-electron chi connectivity index (χ4n) is 4.09. The summed E-state index contributed by atoms with van der Waals surface area (Å²) in [4.78, 5) is 27.0. The Hall–Kier alpha value is -2.82. The molecule has 1 amide bonds. The lowest BCUT2D eigenvalue weighted by atomic mass is 9.82. The van der Waals surface area contributed by atoms with Crippen LogP contribution in [0.5, 0.6) is 11.5 Å². The summed E-state index contributed by atoms with van der Waals surface area (Å²) in [6.45, 7) is 3.83. The van der Waals surface area contributed by atoms with Crippen molar-refractivity contribution in [3.05, 3.63) is 59.7 Å². The second kappa shape index (κ2) is 8.27. The highest BCUT2D eigenvalue weighted by Crippen LogP contribution is 2.39. The van der Waals surface area contributed by atoms with Crippen LogP contribution in [0.25, 0.3) is 0 Å². The molecule has 1 spiro atoms. The molecule has 0 bridgehead atoms. The summed E-state index contributed by atoms with van der Waals surface area (Å²) in [7, 11) is 0. The van der Waals surface area contributed by atoms with E-state index in [4.69, 9.17) is 9.47 Å². The summed E-state index contributed by atoms with van der Waals surface area (Å²) >= 11 is 0. The molecule has 1 saturated heterocycles. The molecule has 152 valence electrons. The number of ether oxygens (including phenoxy) is 2. The van der Waals surface area contributed by atoms with Gasteiger partial charge in [-0.05, 0) is 37.6 Å². The zero-order valence-electron chi connectivity index (χ0n) is 16.9. The van der Waals surface area contributed by atoms with E-state index in [0.29, 0.717) is 63.1 Å². The van der Waals surface area contributed by atoms with E-state index in [0.717, 1.165) is 5.75 Å². The van der Waals surface area contributed by atoms with Crippen LogP contribution in [0, 0.1) is 6.92 Å². The third-order valence-corrected chi connectivity index (χ3v) is 5.85. The molecule has 2 aromatic carbocycles. The molecular formula is C24H27NO4. The number of carbonyl (C=O) groups is 2. The molecule has 2 heterocycles. The van der Waals surface area contributed by atoms with Crippen LogP contribution in [-0.4, -0.2) is 41.9 Å². The van der Waals surface area contributed by atoms with Crippen LogP contribution in [0.3, 0.4) is 0 Å². The van der Waals surface area contributed by atoms with Gasteiger partial charge in [0.05, 0.1) is 18.6 Å². The molecule has 0 radical (unpaired) electrons. The predicted molar refractivity (Wildman–Crippen MR) is 110 cm³/mol. The smallest absolute Gasteiger partial charge is 0.222 e. The lowest BCUT2D eigenvalue weighted by Gasteiger charge is -2.44. The number of fused-ring (bicyclic) bond motifs is 1. The first-order chi connectivity index (χ1) is 14.0. The molecule has 2 aliphatic rings. The maximum atomic E-state index is 12.6. The molecule has 0 N–H and O–H groups in total. The number of hydrogen-bond donors (Lipinski definition) is 0. The van der Waals surface area contributed by atoms with Crippen molar-refractivity contribution >= 4 is 11.7 Å². The van der Waals surface area contributed by atoms with Gasteiger partial charge in [0.2, 0.25) is 5.91 Å². The Morgan fingerprint density at radius 1 is 1.10 bits per heavy atom. The van der Waals surface area contributed by atoms with E-state index in [-0.39, 0.29) is 11.7 Å². The number of ketones is 1. The van der Waals surface area contributed by atoms with Crippen LogP contribution in [-0.2, 0) is 4.79 Å². The number of carbonyl (C=O) groups excluding carboxylic acids is 2. The largest absolute Gasteiger partial charge is 0.494 e. The second-order valence-corrected chi connectivity index (χ2v) is 8.03. The summed E-state index contributed by atoms with van der Waals surface area (Å²) in [5, 5.41) is 0. The van der Waals surface area contributed by atoms with Gasteiger partial charge in [-0.15, -0.1) is 0 Å². The summed E-state index contributed by atoms with van der Waals surface area (Å²) < 4.78 is 11.9. The molecule has 5 heteroatoms. The van der Waals surface area contributed by atoms with Gasteiger partial charge >= 0.3 is 0 Å². The van der Waals surface area contributed by atoms with Crippen molar-refractivity contribution in [2.45, 2.75) is 44.6 Å². The third kappa shape index (κ3) is 4.44. The minimum Gasteiger partial charge on any atom is -0.494 e. The molecule has 4 rings (SSSR count). The van der Waals surface area contributed by atoms with Crippen molar-refractivity contribution in [3.63, 3.8) is 0 Å². The lowest BCUT2D eigenvalue weighted by molar-refractivity contribution is -0.135. The second-order valence-electron chi connectivity index (χ2n) is 8.03. The maximum absolute atomic E-state index is 12.6. The van der Waals surface area contributed by atoms with Gasteiger partial charge in [0, 0.05) is 32.4 Å². The van der Waals surface area contributed by atoms with Crippen molar-refractivity contribution in [3.8, 4) is 11.5 Å². The number of likely N-dealkylation sites (tertiary alicyclic amines) is 1. The molecule has 0 aromatic heterocycles. The first kappa shape index (κ1) is 19.5. The van der Waals surface area contributed by atoms with Crippen molar-refractivity contribution in [2.24, 2.45) is 0 Å². The zero-order valence-corrected chi connectivity index (χ0v) is 16.9. The highest BCUT2D eigenvalue weighted by molar-refractivity contribution is 6.00. The van der Waals surface area contributed by atoms with Gasteiger partial charge in [-0.1, -0.05) is 29.8 Å². The maximum Gasteiger partial charge on any atom is 0.222 e. The molecule has 0 unspecified atom stereocenters. The predicted octanol–water partition coefficient (Wildman–Crippen LogP) is 4.18. The molecule has 2 aliphatic heterocycles. The number of benzene rings is 2. The number of para-hydroxylation sites is 1. The molecule has 1 fully saturated rings. The van der Waals surface area contributed by atoms with Crippen LogP contribution >= 0.6 is 0 Å². The SMILES string of the molecule is Cc1ccc(OCCCC(=O)N2CCC3(CC2)CC(=O)c2ccccc2O3)cc1. The standard InChI is InChI=1S/C24H27NO4/c1-18-8-10-19(11-9-18)28-16-4-7-23(27)25-14-12-24(13-15-25)17-21(26)20-5-2-3-6-22(20)29-24/h2-3,5-6,8-11H,4,7,12-17H2,1H3. The van der Waals surface area contributed by atoms with Gasteiger partial charge in [-0.2, -0.15) is 0 Å². The molecule has 0 saturated carbocycles. The van der Waals surface area contributed by atoms with Crippen LogP contribution in [0.2, 0.25) is 0 Å². The quantitative estimate of drug-likeness (QED) is 0.715. The number of hydrogen-bond acceptors (Lipinski definition) is 4. The number of aryl methyl sites for hydroxylation is 1. The average Bonchev–Trinajstić information content (AvgIpc) is 2.73. The fraction of sp³-hybridized carbons (Fsp3) is 0.417. The van der Waals surface area contributed by atoms with E-state index in [2.05, 4.69) is 0 Å². The van der Waals surface area contributed by atoms with Gasteiger partial charge in [-0.25, -0.2) is 0 Å². The molecule has 0 aliphatic carbocycles. The Labute approximate surface area is 171 Å². The molecule has 5 nitrogen and oxygen atoms in total. The van der Waals surface area contributed by atoms with Crippen molar-refractivity contribution in [1.29, 1.82) is 0 Å². The van der Waals surface area contributed by atoms with E-state index in [1.54, 1.807) is 0 Å². The van der Waals surface area contributed by atoms with Gasteiger partial charge in [0.15, 0.2) is 5.78 Å². The van der Waals surface area contributed by atoms with Gasteiger partial charge in [-0.3, -0.25) is 9.59 Å². The summed E-state index contributed by atoms with van der Waals surface area (Å²) in [5.74, 6) is 1.80. The summed E-state index contributed by atoms with van der Waals surface area (Å²) in [6.07, 6.45) is 2.95. The summed E-state index contributed by atoms with van der Waals surface area (Å²) in [5.41, 5.74) is 1.41.